The van der Waals surface area contributed by atoms with E-state index in [1.807, 2.05) is 13.8 Å². The van der Waals surface area contributed by atoms with Gasteiger partial charge < -0.3 is 14.6 Å². The van der Waals surface area contributed by atoms with E-state index in [0.29, 0.717) is 43.9 Å². The Kier molecular flexibility index (Phi) is 3.64. The van der Waals surface area contributed by atoms with Crippen molar-refractivity contribution in [1.82, 2.24) is 9.88 Å². The number of hydrogen-bond acceptors (Lipinski definition) is 4. The van der Waals surface area contributed by atoms with Gasteiger partial charge in [0.05, 0.1) is 18.8 Å². The fourth-order valence-electron chi connectivity index (χ4n) is 3.11. The number of carbonyl (C=O) groups is 2. The van der Waals surface area contributed by atoms with Crippen molar-refractivity contribution in [3.05, 3.63) is 33.2 Å². The summed E-state index contributed by atoms with van der Waals surface area (Å²) in [6, 6.07) is 1.48. The largest absolute Gasteiger partial charge is 0.377 e. The van der Waals surface area contributed by atoms with Crippen molar-refractivity contribution in [3.8, 4) is 0 Å². The van der Waals surface area contributed by atoms with Crippen molar-refractivity contribution in [1.29, 1.82) is 0 Å². The molecular weight excluding hydrogens is 284 g/mol. The average Bonchev–Trinajstić information content (AvgIpc) is 2.46. The Morgan fingerprint density at radius 2 is 2.09 bits per heavy atom. The van der Waals surface area contributed by atoms with Crippen LogP contribution in [0.5, 0.6) is 0 Å². The van der Waals surface area contributed by atoms with Gasteiger partial charge in [0.25, 0.3) is 11.5 Å². The molecule has 1 N–H and O–H groups in total. The Morgan fingerprint density at radius 3 is 2.82 bits per heavy atom. The molecule has 1 aliphatic heterocycles. The standard InChI is InChI=1S/C16H20N2O4/c1-16(2)9-22-7-6-18(16)15(21)11-8-10-12(17-14(11)20)4-3-5-13(10)19/h8H,3-7,9H2,1-2H3,(H,17,20). The molecule has 1 amide bonds. The quantitative estimate of drug-likeness (QED) is 0.844. The van der Waals surface area contributed by atoms with E-state index in [1.54, 1.807) is 4.90 Å². The minimum Gasteiger partial charge on any atom is -0.377 e. The van der Waals surface area contributed by atoms with Crippen LogP contribution < -0.4 is 5.56 Å². The predicted octanol–water partition coefficient (Wildman–Crippen LogP) is 1.14. The molecule has 6 heteroatoms. The highest BCUT2D eigenvalue weighted by atomic mass is 16.5. The summed E-state index contributed by atoms with van der Waals surface area (Å²) in [7, 11) is 0. The number of nitrogens with zero attached hydrogens (tertiary/aromatic N) is 1. The van der Waals surface area contributed by atoms with Gasteiger partial charge in [0.2, 0.25) is 0 Å². The van der Waals surface area contributed by atoms with Crippen LogP contribution >= 0.6 is 0 Å². The molecule has 1 aliphatic carbocycles. The van der Waals surface area contributed by atoms with E-state index in [-0.39, 0.29) is 17.3 Å². The smallest absolute Gasteiger partial charge is 0.261 e. The number of hydrogen-bond donors (Lipinski definition) is 1. The summed E-state index contributed by atoms with van der Waals surface area (Å²) >= 11 is 0. The number of amides is 1. The second-order valence-electron chi connectivity index (χ2n) is 6.50. The van der Waals surface area contributed by atoms with Crippen LogP contribution in [0.2, 0.25) is 0 Å². The zero-order chi connectivity index (χ0) is 15.9. The lowest BCUT2D eigenvalue weighted by molar-refractivity contribution is -0.0371. The summed E-state index contributed by atoms with van der Waals surface area (Å²) in [6.45, 7) is 5.14. The Bertz CT molecular complexity index is 690. The molecular formula is C16H20N2O4. The second kappa shape index (κ2) is 5.35. The van der Waals surface area contributed by atoms with Crippen molar-refractivity contribution in [2.75, 3.05) is 19.8 Å². The van der Waals surface area contributed by atoms with Crippen LogP contribution in [-0.4, -0.2) is 46.9 Å². The molecule has 2 heterocycles. The minimum atomic E-state index is -0.471. The second-order valence-corrected chi connectivity index (χ2v) is 6.50. The average molecular weight is 304 g/mol. The van der Waals surface area contributed by atoms with Crippen LogP contribution in [0.15, 0.2) is 10.9 Å². The van der Waals surface area contributed by atoms with Crippen molar-refractivity contribution in [2.24, 2.45) is 0 Å². The van der Waals surface area contributed by atoms with E-state index in [2.05, 4.69) is 4.98 Å². The first-order chi connectivity index (χ1) is 10.4. The zero-order valence-corrected chi connectivity index (χ0v) is 12.9. The van der Waals surface area contributed by atoms with Gasteiger partial charge in [-0.15, -0.1) is 0 Å². The number of carbonyl (C=O) groups excluding carboxylic acids is 2. The first kappa shape index (κ1) is 15.0. The van der Waals surface area contributed by atoms with E-state index in [4.69, 9.17) is 4.74 Å². The number of rotatable bonds is 1. The number of pyridine rings is 1. The first-order valence-electron chi connectivity index (χ1n) is 7.59. The van der Waals surface area contributed by atoms with E-state index in [1.165, 1.54) is 6.07 Å². The molecule has 0 atom stereocenters. The van der Waals surface area contributed by atoms with Crippen molar-refractivity contribution >= 4 is 11.7 Å². The normalized spacial score (nSPS) is 20.6. The van der Waals surface area contributed by atoms with E-state index < -0.39 is 11.1 Å². The summed E-state index contributed by atoms with van der Waals surface area (Å²) in [6.07, 6.45) is 1.88. The molecule has 0 bridgehead atoms. The van der Waals surface area contributed by atoms with E-state index >= 15 is 0 Å². The number of Topliss-reactive ketones (excluding diaryl/α,β-unsaturated/α-hetero) is 1. The van der Waals surface area contributed by atoms with Gasteiger partial charge in [-0.05, 0) is 32.8 Å². The molecule has 22 heavy (non-hydrogen) atoms. The SMILES string of the molecule is CC1(C)COCCN1C(=O)c1cc2c([nH]c1=O)CCCC2=O. The van der Waals surface area contributed by atoms with Gasteiger partial charge in [0.15, 0.2) is 5.78 Å². The Balaban J connectivity index is 2.01. The third-order valence-corrected chi connectivity index (χ3v) is 4.37. The van der Waals surface area contributed by atoms with Gasteiger partial charge in [0.1, 0.15) is 5.56 Å². The summed E-state index contributed by atoms with van der Waals surface area (Å²) in [5.41, 5.74) is 0.297. The van der Waals surface area contributed by atoms with Gasteiger partial charge in [0, 0.05) is 24.2 Å². The number of aromatic amines is 1. The number of ketones is 1. The maximum Gasteiger partial charge on any atom is 0.261 e. The van der Waals surface area contributed by atoms with Gasteiger partial charge >= 0.3 is 0 Å². The maximum absolute atomic E-state index is 12.8. The monoisotopic (exact) mass is 304 g/mol. The number of aryl methyl sites for hydroxylation is 1. The first-order valence-corrected chi connectivity index (χ1v) is 7.59. The zero-order valence-electron chi connectivity index (χ0n) is 12.9. The number of fused-ring (bicyclic) bond motifs is 1. The molecule has 2 aliphatic rings. The van der Waals surface area contributed by atoms with Gasteiger partial charge in [-0.1, -0.05) is 0 Å². The molecule has 3 rings (SSSR count). The summed E-state index contributed by atoms with van der Waals surface area (Å²) in [5, 5.41) is 0. The number of morpholine rings is 1. The van der Waals surface area contributed by atoms with Crippen LogP contribution in [0.25, 0.3) is 0 Å². The molecule has 0 aromatic carbocycles. The molecule has 0 radical (unpaired) electrons. The Labute approximate surface area is 128 Å². The van der Waals surface area contributed by atoms with E-state index in [0.717, 1.165) is 6.42 Å². The predicted molar refractivity (Wildman–Crippen MR) is 80.3 cm³/mol. The van der Waals surface area contributed by atoms with Crippen LogP contribution in [0, 0.1) is 0 Å². The molecule has 0 spiro atoms. The molecule has 118 valence electrons. The highest BCUT2D eigenvalue weighted by molar-refractivity contribution is 6.01. The minimum absolute atomic E-state index is 0.00668. The fourth-order valence-corrected chi connectivity index (χ4v) is 3.11. The van der Waals surface area contributed by atoms with Gasteiger partial charge in [-0.25, -0.2) is 0 Å². The Morgan fingerprint density at radius 1 is 1.32 bits per heavy atom. The van der Waals surface area contributed by atoms with Crippen molar-refractivity contribution < 1.29 is 14.3 Å². The van der Waals surface area contributed by atoms with Crippen LogP contribution in [0.1, 0.15) is 53.1 Å². The third-order valence-electron chi connectivity index (χ3n) is 4.37. The lowest BCUT2D eigenvalue weighted by Gasteiger charge is -2.42. The van der Waals surface area contributed by atoms with Gasteiger partial charge in [-0.3, -0.25) is 14.4 Å². The van der Waals surface area contributed by atoms with Crippen molar-refractivity contribution in [2.45, 2.75) is 38.6 Å². The molecule has 1 aromatic rings. The number of ether oxygens (including phenoxy) is 1. The molecule has 1 fully saturated rings. The summed E-state index contributed by atoms with van der Waals surface area (Å²) < 4.78 is 5.40. The molecule has 6 nitrogen and oxygen atoms in total. The maximum atomic E-state index is 12.8. The van der Waals surface area contributed by atoms with Crippen LogP contribution in [0.3, 0.4) is 0 Å². The fraction of sp³-hybridized carbons (Fsp3) is 0.562. The Hall–Kier alpha value is -1.95. The lowest BCUT2D eigenvalue weighted by atomic mass is 9.93. The molecule has 1 aromatic heterocycles. The number of aromatic nitrogens is 1. The summed E-state index contributed by atoms with van der Waals surface area (Å²) in [4.78, 5) is 41.4. The van der Waals surface area contributed by atoms with Gasteiger partial charge in [-0.2, -0.15) is 0 Å². The highest BCUT2D eigenvalue weighted by Gasteiger charge is 2.36. The van der Waals surface area contributed by atoms with Crippen LogP contribution in [-0.2, 0) is 11.2 Å². The van der Waals surface area contributed by atoms with Crippen LogP contribution in [0.4, 0.5) is 0 Å². The van der Waals surface area contributed by atoms with E-state index in [9.17, 15) is 14.4 Å². The lowest BCUT2D eigenvalue weighted by Crippen LogP contribution is -2.56. The number of H-pyrrole nitrogens is 1. The highest BCUT2D eigenvalue weighted by Crippen LogP contribution is 2.23. The molecule has 1 saturated heterocycles. The third kappa shape index (κ3) is 2.47. The van der Waals surface area contributed by atoms with Crippen molar-refractivity contribution in [3.63, 3.8) is 0 Å². The summed E-state index contributed by atoms with van der Waals surface area (Å²) in [5.74, 6) is -0.344. The molecule has 0 saturated carbocycles. The molecule has 0 unspecified atom stereocenters. The number of nitrogens with one attached hydrogen (secondary N) is 1. The topological polar surface area (TPSA) is 79.5 Å².